The van der Waals surface area contributed by atoms with Crippen LogP contribution in [-0.4, -0.2) is 26.0 Å². The van der Waals surface area contributed by atoms with Crippen LogP contribution in [0.3, 0.4) is 0 Å². The molecule has 0 amide bonds. The molecule has 8 heteroatoms. The minimum atomic E-state index is -4.56. The fraction of sp³-hybridized carbons (Fsp3) is 0.105. The average Bonchev–Trinajstić information content (AvgIpc) is 2.63. The highest BCUT2D eigenvalue weighted by molar-refractivity contribution is 8.31. The van der Waals surface area contributed by atoms with Gasteiger partial charge in [-0.15, -0.1) is 4.79 Å². The van der Waals surface area contributed by atoms with Gasteiger partial charge in [0.1, 0.15) is 0 Å². The van der Waals surface area contributed by atoms with Crippen molar-refractivity contribution in [1.82, 2.24) is 0 Å². The molecule has 0 heterocycles. The second-order valence-corrected chi connectivity index (χ2v) is 10.1. The van der Waals surface area contributed by atoms with Crippen LogP contribution in [0.1, 0.15) is 11.1 Å². The maximum absolute atomic E-state index is 12.9. The van der Waals surface area contributed by atoms with Crippen LogP contribution in [0.5, 0.6) is 0 Å². The second kappa shape index (κ2) is 6.74. The van der Waals surface area contributed by atoms with E-state index in [0.717, 1.165) is 16.5 Å². The average molecular weight is 400 g/mol. The highest BCUT2D eigenvalue weighted by atomic mass is 32.3. The first kappa shape index (κ1) is 19.0. The first-order valence-electron chi connectivity index (χ1n) is 7.96. The summed E-state index contributed by atoms with van der Waals surface area (Å²) in [5.74, 6) is 0. The van der Waals surface area contributed by atoms with Crippen molar-refractivity contribution in [3.05, 3.63) is 77.3 Å². The summed E-state index contributed by atoms with van der Waals surface area (Å²) in [5, 5.41) is 1.47. The number of nitrogens with zero attached hydrogens (tertiary/aromatic N) is 2. The molecular formula is C19H16N2O4S2. The number of aryl methyl sites for hydroxylation is 2. The molecule has 0 aliphatic carbocycles. The molecule has 6 nitrogen and oxygen atoms in total. The van der Waals surface area contributed by atoms with Gasteiger partial charge in [0.2, 0.25) is 0 Å². The Labute approximate surface area is 157 Å². The molecule has 27 heavy (non-hydrogen) atoms. The molecule has 0 bridgehead atoms. The van der Waals surface area contributed by atoms with Crippen LogP contribution in [0, 0.1) is 13.8 Å². The summed E-state index contributed by atoms with van der Waals surface area (Å²) < 4.78 is 49.9. The lowest BCUT2D eigenvalue weighted by Gasteiger charge is -2.07. The van der Waals surface area contributed by atoms with E-state index in [2.05, 4.69) is 4.79 Å². The van der Waals surface area contributed by atoms with Crippen LogP contribution in [0.25, 0.3) is 16.3 Å². The third kappa shape index (κ3) is 3.30. The Hall–Kier alpha value is -2.80. The van der Waals surface area contributed by atoms with E-state index in [1.807, 2.05) is 26.0 Å². The quantitative estimate of drug-likeness (QED) is 0.285. The third-order valence-electron chi connectivity index (χ3n) is 4.33. The van der Waals surface area contributed by atoms with E-state index in [9.17, 15) is 22.4 Å². The van der Waals surface area contributed by atoms with Crippen molar-refractivity contribution >= 4 is 34.8 Å². The summed E-state index contributed by atoms with van der Waals surface area (Å²) in [5.41, 5.74) is 11.3. The van der Waals surface area contributed by atoms with Gasteiger partial charge in [-0.1, -0.05) is 36.4 Å². The lowest BCUT2D eigenvalue weighted by Crippen LogP contribution is -2.26. The zero-order chi connectivity index (χ0) is 19.8. The topological polar surface area (TPSA) is 105 Å². The molecular weight excluding hydrogens is 384 g/mol. The van der Waals surface area contributed by atoms with Crippen molar-refractivity contribution in [2.45, 2.75) is 23.6 Å². The van der Waals surface area contributed by atoms with E-state index < -0.39 is 24.1 Å². The van der Waals surface area contributed by atoms with E-state index in [-0.39, 0.29) is 9.79 Å². The van der Waals surface area contributed by atoms with Crippen molar-refractivity contribution in [2.24, 2.45) is 0 Å². The minimum Gasteiger partial charge on any atom is -0.359 e. The van der Waals surface area contributed by atoms with Gasteiger partial charge in [-0.05, 0) is 60.0 Å². The van der Waals surface area contributed by atoms with Crippen molar-refractivity contribution in [2.75, 3.05) is 0 Å². The van der Waals surface area contributed by atoms with Gasteiger partial charge in [-0.25, -0.2) is 16.8 Å². The fourth-order valence-corrected chi connectivity index (χ4v) is 6.12. The van der Waals surface area contributed by atoms with Crippen LogP contribution in [0.4, 0.5) is 0 Å². The Morgan fingerprint density at radius 1 is 0.741 bits per heavy atom. The van der Waals surface area contributed by atoms with Gasteiger partial charge >= 0.3 is 4.38 Å². The molecule has 3 aromatic carbocycles. The molecule has 0 aliphatic rings. The monoisotopic (exact) mass is 400 g/mol. The molecule has 0 aliphatic heterocycles. The van der Waals surface area contributed by atoms with Gasteiger partial charge in [-0.2, -0.15) is 0 Å². The Bertz CT molecular complexity index is 1310. The number of hydrogen-bond donors (Lipinski definition) is 0. The number of fused-ring (bicyclic) bond motifs is 1. The molecule has 0 fully saturated rings. The maximum Gasteiger partial charge on any atom is 0.504 e. The third-order valence-corrected chi connectivity index (χ3v) is 8.50. The summed E-state index contributed by atoms with van der Waals surface area (Å²) in [4.78, 5) is 2.11. The molecule has 0 atom stereocenters. The van der Waals surface area contributed by atoms with Gasteiger partial charge in [0.15, 0.2) is 0 Å². The van der Waals surface area contributed by atoms with Gasteiger partial charge in [0, 0.05) is 0 Å². The van der Waals surface area contributed by atoms with E-state index in [1.54, 1.807) is 12.1 Å². The molecule has 3 rings (SSSR count). The lowest BCUT2D eigenvalue weighted by molar-refractivity contribution is 0.00380. The zero-order valence-corrected chi connectivity index (χ0v) is 16.3. The molecule has 0 saturated carbocycles. The van der Waals surface area contributed by atoms with Gasteiger partial charge in [0.25, 0.3) is 19.7 Å². The zero-order valence-electron chi connectivity index (χ0n) is 14.6. The van der Waals surface area contributed by atoms with Crippen molar-refractivity contribution in [3.8, 4) is 0 Å². The smallest absolute Gasteiger partial charge is 0.359 e. The molecule has 0 saturated heterocycles. The van der Waals surface area contributed by atoms with Crippen molar-refractivity contribution in [1.29, 1.82) is 0 Å². The van der Waals surface area contributed by atoms with Crippen molar-refractivity contribution in [3.63, 3.8) is 0 Å². The van der Waals surface area contributed by atoms with E-state index in [4.69, 9.17) is 0 Å². The van der Waals surface area contributed by atoms with Gasteiger partial charge in [0.05, 0.1) is 9.79 Å². The van der Waals surface area contributed by atoms with Crippen molar-refractivity contribution < 1.29 is 21.6 Å². The van der Waals surface area contributed by atoms with E-state index in [1.165, 1.54) is 36.4 Å². The summed E-state index contributed by atoms with van der Waals surface area (Å²) in [6.45, 7) is 3.85. The summed E-state index contributed by atoms with van der Waals surface area (Å²) in [6, 6.07) is 15.0. The number of benzene rings is 3. The van der Waals surface area contributed by atoms with Crippen LogP contribution in [-0.2, 0) is 19.7 Å². The SMILES string of the molecule is Cc1cc2ccc(S(=O)(=O)C(=[N+]=[N-])S(=O)(=O)c3ccccc3)cc2cc1C. The van der Waals surface area contributed by atoms with Gasteiger partial charge in [-0.3, -0.25) is 0 Å². The minimum absolute atomic E-state index is 0.259. The molecule has 138 valence electrons. The number of sulfone groups is 2. The predicted octanol–water partition coefficient (Wildman–Crippen LogP) is 3.29. The Morgan fingerprint density at radius 2 is 1.30 bits per heavy atom. The fourth-order valence-electron chi connectivity index (χ4n) is 2.72. The first-order valence-corrected chi connectivity index (χ1v) is 10.9. The normalized spacial score (nSPS) is 11.9. The molecule has 3 aromatic rings. The predicted molar refractivity (Wildman–Crippen MR) is 103 cm³/mol. The summed E-state index contributed by atoms with van der Waals surface area (Å²) in [6.07, 6.45) is 0. The lowest BCUT2D eigenvalue weighted by atomic mass is 10.0. The maximum atomic E-state index is 12.9. The molecule has 0 spiro atoms. The Kier molecular flexibility index (Phi) is 4.73. The Morgan fingerprint density at radius 3 is 1.89 bits per heavy atom. The highest BCUT2D eigenvalue weighted by Crippen LogP contribution is 2.25. The largest absolute Gasteiger partial charge is 0.504 e. The standard InChI is InChI=1S/C19H16N2O4S2/c1-13-10-15-8-9-18(12-16(15)11-14(13)2)27(24,25)19(21-20)26(22,23)17-6-4-3-5-7-17/h3-12H,1-2H3. The van der Waals surface area contributed by atoms with Crippen LogP contribution < -0.4 is 0 Å². The Balaban J connectivity index is 2.19. The molecule has 0 aromatic heterocycles. The van der Waals surface area contributed by atoms with Crippen LogP contribution in [0.2, 0.25) is 0 Å². The van der Waals surface area contributed by atoms with Crippen LogP contribution >= 0.6 is 0 Å². The second-order valence-electron chi connectivity index (χ2n) is 6.13. The molecule has 0 radical (unpaired) electrons. The van der Waals surface area contributed by atoms with Crippen LogP contribution in [0.15, 0.2) is 70.5 Å². The summed E-state index contributed by atoms with van der Waals surface area (Å²) in [7, 11) is -9.07. The van der Waals surface area contributed by atoms with E-state index >= 15 is 0 Å². The van der Waals surface area contributed by atoms with E-state index in [0.29, 0.717) is 5.39 Å². The summed E-state index contributed by atoms with van der Waals surface area (Å²) >= 11 is 0. The highest BCUT2D eigenvalue weighted by Gasteiger charge is 2.43. The molecule has 0 unspecified atom stereocenters. The first-order chi connectivity index (χ1) is 12.7. The van der Waals surface area contributed by atoms with Gasteiger partial charge < -0.3 is 5.53 Å². The molecule has 0 N–H and O–H groups in total. The number of hydrogen-bond acceptors (Lipinski definition) is 4. The number of rotatable bonds is 2.